The van der Waals surface area contributed by atoms with Crippen molar-refractivity contribution in [1.29, 1.82) is 0 Å². The largest absolute Gasteiger partial charge is 0.383 e. The fraction of sp³-hybridized carbons (Fsp3) is 0.231. The molecule has 0 unspecified atom stereocenters. The SMILES string of the molecule is Cc1sc2nc(Cn3cncc(Br)c3=O)nc(N)c2c1C. The maximum Gasteiger partial charge on any atom is 0.268 e. The molecule has 2 N–H and O–H groups in total. The summed E-state index contributed by atoms with van der Waals surface area (Å²) >= 11 is 4.75. The molecule has 3 aromatic rings. The molecule has 0 saturated carbocycles. The normalized spacial score (nSPS) is 11.2. The van der Waals surface area contributed by atoms with Gasteiger partial charge < -0.3 is 5.73 Å². The molecular formula is C13H12BrN5OS. The number of thiophene rings is 1. The fourth-order valence-corrected chi connectivity index (χ4v) is 3.49. The Hall–Kier alpha value is -1.80. The van der Waals surface area contributed by atoms with Gasteiger partial charge in [0.05, 0.1) is 18.3 Å². The van der Waals surface area contributed by atoms with Crippen LogP contribution in [0.1, 0.15) is 16.3 Å². The predicted molar refractivity (Wildman–Crippen MR) is 86.6 cm³/mol. The lowest BCUT2D eigenvalue weighted by Crippen LogP contribution is -2.22. The van der Waals surface area contributed by atoms with Gasteiger partial charge in [-0.3, -0.25) is 9.36 Å². The third-order valence-electron chi connectivity index (χ3n) is 3.27. The fourth-order valence-electron chi connectivity index (χ4n) is 2.09. The van der Waals surface area contributed by atoms with E-state index in [0.717, 1.165) is 15.8 Å². The smallest absolute Gasteiger partial charge is 0.268 e. The second kappa shape index (κ2) is 5.19. The van der Waals surface area contributed by atoms with Gasteiger partial charge in [-0.15, -0.1) is 11.3 Å². The first-order valence-corrected chi connectivity index (χ1v) is 7.80. The van der Waals surface area contributed by atoms with Gasteiger partial charge in [-0.1, -0.05) is 0 Å². The van der Waals surface area contributed by atoms with Crippen molar-refractivity contribution in [1.82, 2.24) is 19.5 Å². The molecule has 0 amide bonds. The van der Waals surface area contributed by atoms with Crippen LogP contribution in [0.15, 0.2) is 21.8 Å². The van der Waals surface area contributed by atoms with Crippen LogP contribution in [0.3, 0.4) is 0 Å². The van der Waals surface area contributed by atoms with E-state index < -0.39 is 0 Å². The second-order valence-corrected chi connectivity index (χ2v) is 6.72. The molecule has 0 radical (unpaired) electrons. The lowest BCUT2D eigenvalue weighted by Gasteiger charge is -2.06. The van der Waals surface area contributed by atoms with Crippen LogP contribution in [0.5, 0.6) is 0 Å². The summed E-state index contributed by atoms with van der Waals surface area (Å²) in [5.41, 5.74) is 6.97. The third kappa shape index (κ3) is 2.44. The second-order valence-electron chi connectivity index (χ2n) is 4.66. The van der Waals surface area contributed by atoms with Crippen LogP contribution in [0.2, 0.25) is 0 Å². The molecule has 3 heterocycles. The van der Waals surface area contributed by atoms with Gasteiger partial charge in [-0.05, 0) is 35.3 Å². The molecule has 0 spiro atoms. The maximum atomic E-state index is 12.0. The van der Waals surface area contributed by atoms with Gasteiger partial charge in [0, 0.05) is 11.1 Å². The van der Waals surface area contributed by atoms with Gasteiger partial charge in [0.25, 0.3) is 5.56 Å². The van der Waals surface area contributed by atoms with Crippen LogP contribution >= 0.6 is 27.3 Å². The Labute approximate surface area is 132 Å². The van der Waals surface area contributed by atoms with E-state index in [9.17, 15) is 4.79 Å². The van der Waals surface area contributed by atoms with E-state index in [-0.39, 0.29) is 12.1 Å². The quantitative estimate of drug-likeness (QED) is 0.752. The molecule has 0 aliphatic heterocycles. The van der Waals surface area contributed by atoms with Crippen molar-refractivity contribution in [3.8, 4) is 0 Å². The summed E-state index contributed by atoms with van der Waals surface area (Å²) in [5.74, 6) is 0.955. The molecule has 0 aliphatic carbocycles. The topological polar surface area (TPSA) is 86.7 Å². The van der Waals surface area contributed by atoms with Gasteiger partial charge in [0.1, 0.15) is 15.1 Å². The lowest BCUT2D eigenvalue weighted by molar-refractivity contribution is 0.698. The molecule has 3 rings (SSSR count). The van der Waals surface area contributed by atoms with E-state index in [1.54, 1.807) is 11.3 Å². The molecular weight excluding hydrogens is 354 g/mol. The van der Waals surface area contributed by atoms with Crippen molar-refractivity contribution in [2.45, 2.75) is 20.4 Å². The highest BCUT2D eigenvalue weighted by Crippen LogP contribution is 2.31. The number of aromatic nitrogens is 4. The van der Waals surface area contributed by atoms with Gasteiger partial charge >= 0.3 is 0 Å². The van der Waals surface area contributed by atoms with E-state index >= 15 is 0 Å². The minimum Gasteiger partial charge on any atom is -0.383 e. The monoisotopic (exact) mass is 365 g/mol. The zero-order valence-corrected chi connectivity index (χ0v) is 13.8. The minimum atomic E-state index is -0.175. The highest BCUT2D eigenvalue weighted by atomic mass is 79.9. The molecule has 0 aliphatic rings. The molecule has 21 heavy (non-hydrogen) atoms. The molecule has 108 valence electrons. The molecule has 3 aromatic heterocycles. The number of hydrogen-bond acceptors (Lipinski definition) is 6. The van der Waals surface area contributed by atoms with E-state index in [2.05, 4.69) is 30.9 Å². The van der Waals surface area contributed by atoms with Crippen LogP contribution in [0, 0.1) is 13.8 Å². The molecule has 6 nitrogen and oxygen atoms in total. The average Bonchev–Trinajstić information content (AvgIpc) is 2.71. The first-order valence-electron chi connectivity index (χ1n) is 6.19. The standard InChI is InChI=1S/C13H12BrN5OS/c1-6-7(2)21-12-10(6)11(15)17-9(18-12)4-19-5-16-3-8(14)13(19)20/h3,5H,4H2,1-2H3,(H2,15,17,18). The summed E-state index contributed by atoms with van der Waals surface area (Å²) < 4.78 is 1.85. The van der Waals surface area contributed by atoms with Crippen LogP contribution in [-0.2, 0) is 6.54 Å². The molecule has 0 saturated heterocycles. The Morgan fingerprint density at radius 2 is 2.14 bits per heavy atom. The summed E-state index contributed by atoms with van der Waals surface area (Å²) in [5, 5.41) is 0.904. The van der Waals surface area contributed by atoms with Crippen molar-refractivity contribution < 1.29 is 0 Å². The number of nitrogen functional groups attached to an aromatic ring is 1. The van der Waals surface area contributed by atoms with E-state index in [0.29, 0.717) is 16.1 Å². The Bertz CT molecular complexity index is 901. The number of halogens is 1. The molecule has 0 bridgehead atoms. The highest BCUT2D eigenvalue weighted by Gasteiger charge is 2.13. The van der Waals surface area contributed by atoms with Crippen LogP contribution in [0.25, 0.3) is 10.2 Å². The number of nitrogens with zero attached hydrogens (tertiary/aromatic N) is 4. The van der Waals surface area contributed by atoms with Crippen molar-refractivity contribution in [2.24, 2.45) is 0 Å². The number of rotatable bonds is 2. The van der Waals surface area contributed by atoms with Crippen molar-refractivity contribution >= 4 is 43.3 Å². The number of anilines is 1. The maximum absolute atomic E-state index is 12.0. The third-order valence-corrected chi connectivity index (χ3v) is 4.92. The van der Waals surface area contributed by atoms with Crippen molar-refractivity contribution in [3.05, 3.63) is 43.6 Å². The number of hydrogen-bond donors (Lipinski definition) is 1. The molecule has 0 atom stereocenters. The summed E-state index contributed by atoms with van der Waals surface area (Å²) in [6.07, 6.45) is 2.92. The van der Waals surface area contributed by atoms with Crippen molar-refractivity contribution in [3.63, 3.8) is 0 Å². The highest BCUT2D eigenvalue weighted by molar-refractivity contribution is 9.10. The number of nitrogens with two attached hydrogens (primary N) is 1. The number of aryl methyl sites for hydroxylation is 2. The Morgan fingerprint density at radius 3 is 2.90 bits per heavy atom. The van der Waals surface area contributed by atoms with Gasteiger partial charge in [-0.25, -0.2) is 15.0 Å². The Balaban J connectivity index is 2.10. The van der Waals surface area contributed by atoms with E-state index in [1.165, 1.54) is 22.0 Å². The zero-order chi connectivity index (χ0) is 15.1. The summed E-state index contributed by atoms with van der Waals surface area (Å²) in [4.78, 5) is 26.8. The van der Waals surface area contributed by atoms with Crippen molar-refractivity contribution in [2.75, 3.05) is 5.73 Å². The van der Waals surface area contributed by atoms with E-state index in [1.807, 2.05) is 13.8 Å². The lowest BCUT2D eigenvalue weighted by atomic mass is 10.2. The Morgan fingerprint density at radius 1 is 1.38 bits per heavy atom. The Kier molecular flexibility index (Phi) is 3.50. The zero-order valence-electron chi connectivity index (χ0n) is 11.4. The summed E-state index contributed by atoms with van der Waals surface area (Å²) in [6.45, 7) is 4.28. The van der Waals surface area contributed by atoms with Crippen LogP contribution in [0.4, 0.5) is 5.82 Å². The first-order chi connectivity index (χ1) is 9.97. The van der Waals surface area contributed by atoms with Gasteiger partial charge in [0.15, 0.2) is 5.82 Å². The molecule has 8 heteroatoms. The van der Waals surface area contributed by atoms with Crippen LogP contribution < -0.4 is 11.3 Å². The first kappa shape index (κ1) is 14.2. The minimum absolute atomic E-state index is 0.175. The average molecular weight is 366 g/mol. The summed E-state index contributed by atoms with van der Waals surface area (Å²) in [6, 6.07) is 0. The molecule has 0 fully saturated rings. The summed E-state index contributed by atoms with van der Waals surface area (Å²) in [7, 11) is 0. The van der Waals surface area contributed by atoms with Gasteiger partial charge in [-0.2, -0.15) is 0 Å². The van der Waals surface area contributed by atoms with E-state index in [4.69, 9.17) is 5.73 Å². The predicted octanol–water partition coefficient (Wildman–Crippen LogP) is 2.26. The van der Waals surface area contributed by atoms with Crippen LogP contribution in [-0.4, -0.2) is 19.5 Å². The van der Waals surface area contributed by atoms with Gasteiger partial charge in [0.2, 0.25) is 0 Å². The number of fused-ring (bicyclic) bond motifs is 1. The molecule has 0 aromatic carbocycles.